The predicted molar refractivity (Wildman–Crippen MR) is 68.4 cm³/mol. The van der Waals surface area contributed by atoms with Crippen LogP contribution in [0.2, 0.25) is 0 Å². The molecule has 0 radical (unpaired) electrons. The van der Waals surface area contributed by atoms with Crippen molar-refractivity contribution in [3.63, 3.8) is 0 Å². The monoisotopic (exact) mass is 285 g/mol. The van der Waals surface area contributed by atoms with Crippen LogP contribution in [0, 0.1) is 11.6 Å². The molecule has 0 bridgehead atoms. The molecule has 1 aliphatic heterocycles. The van der Waals surface area contributed by atoms with Gasteiger partial charge in [0.15, 0.2) is 18.2 Å². The number of carbonyl (C=O) groups is 1. The van der Waals surface area contributed by atoms with E-state index in [1.54, 1.807) is 4.90 Å². The zero-order valence-corrected chi connectivity index (χ0v) is 11.4. The third-order valence-electron chi connectivity index (χ3n) is 3.02. The normalized spacial score (nSPS) is 22.7. The summed E-state index contributed by atoms with van der Waals surface area (Å²) in [6.45, 7) is 4.46. The van der Waals surface area contributed by atoms with Gasteiger partial charge in [-0.1, -0.05) is 0 Å². The van der Waals surface area contributed by atoms with Gasteiger partial charge < -0.3 is 14.4 Å². The molecule has 1 amide bonds. The molecule has 110 valence electrons. The van der Waals surface area contributed by atoms with Gasteiger partial charge in [-0.3, -0.25) is 4.79 Å². The van der Waals surface area contributed by atoms with Gasteiger partial charge in [0.2, 0.25) is 0 Å². The van der Waals surface area contributed by atoms with E-state index in [2.05, 4.69) is 0 Å². The highest BCUT2D eigenvalue weighted by Gasteiger charge is 2.26. The molecule has 1 aromatic carbocycles. The first kappa shape index (κ1) is 14.7. The largest absolute Gasteiger partial charge is 0.481 e. The van der Waals surface area contributed by atoms with Crippen molar-refractivity contribution in [3.8, 4) is 5.75 Å². The smallest absolute Gasteiger partial charge is 0.260 e. The van der Waals surface area contributed by atoms with Crippen LogP contribution in [0.25, 0.3) is 0 Å². The van der Waals surface area contributed by atoms with Gasteiger partial charge in [0, 0.05) is 19.2 Å². The maximum Gasteiger partial charge on any atom is 0.260 e. The zero-order chi connectivity index (χ0) is 14.7. The summed E-state index contributed by atoms with van der Waals surface area (Å²) in [5, 5.41) is 0. The Bertz CT molecular complexity index is 485. The fourth-order valence-corrected chi connectivity index (χ4v) is 2.20. The molecule has 1 saturated heterocycles. The minimum Gasteiger partial charge on any atom is -0.481 e. The number of nitrogens with zero attached hydrogens (tertiary/aromatic N) is 1. The van der Waals surface area contributed by atoms with Crippen LogP contribution in [-0.2, 0) is 9.53 Å². The number of amides is 1. The lowest BCUT2D eigenvalue weighted by Gasteiger charge is -2.35. The van der Waals surface area contributed by atoms with Gasteiger partial charge >= 0.3 is 0 Å². The maximum absolute atomic E-state index is 13.4. The summed E-state index contributed by atoms with van der Waals surface area (Å²) in [4.78, 5) is 13.6. The number of morpholine rings is 1. The van der Waals surface area contributed by atoms with Crippen LogP contribution in [0.1, 0.15) is 13.8 Å². The van der Waals surface area contributed by atoms with Crippen LogP contribution >= 0.6 is 0 Å². The highest BCUT2D eigenvalue weighted by Crippen LogP contribution is 2.18. The second-order valence-corrected chi connectivity index (χ2v) is 4.92. The first-order valence-electron chi connectivity index (χ1n) is 6.47. The van der Waals surface area contributed by atoms with Crippen molar-refractivity contribution in [3.05, 3.63) is 29.8 Å². The van der Waals surface area contributed by atoms with Gasteiger partial charge in [0.1, 0.15) is 5.82 Å². The molecule has 20 heavy (non-hydrogen) atoms. The molecule has 0 saturated carbocycles. The molecule has 4 nitrogen and oxygen atoms in total. The SMILES string of the molecule is C[C@H]1CN(C(=O)COc2ccc(F)cc2F)C[C@H](C)O1. The van der Waals surface area contributed by atoms with E-state index in [0.717, 1.165) is 12.1 Å². The Hall–Kier alpha value is -1.69. The lowest BCUT2D eigenvalue weighted by Crippen LogP contribution is -2.49. The Balaban J connectivity index is 1.91. The molecule has 0 N–H and O–H groups in total. The zero-order valence-electron chi connectivity index (χ0n) is 11.4. The van der Waals surface area contributed by atoms with Gasteiger partial charge in [-0.05, 0) is 26.0 Å². The Morgan fingerprint density at radius 3 is 2.60 bits per heavy atom. The summed E-state index contributed by atoms with van der Waals surface area (Å²) in [6.07, 6.45) is -0.0736. The molecule has 2 rings (SSSR count). The third kappa shape index (κ3) is 3.66. The fraction of sp³-hybridized carbons (Fsp3) is 0.500. The first-order chi connectivity index (χ1) is 9.45. The molecule has 0 unspecified atom stereocenters. The lowest BCUT2D eigenvalue weighted by molar-refractivity contribution is -0.145. The molecule has 1 fully saturated rings. The summed E-state index contributed by atoms with van der Waals surface area (Å²) in [5.41, 5.74) is 0. The molecule has 0 aromatic heterocycles. The second kappa shape index (κ2) is 6.17. The molecule has 1 heterocycles. The topological polar surface area (TPSA) is 38.8 Å². The number of hydrogen-bond donors (Lipinski definition) is 0. The molecular weight excluding hydrogens is 268 g/mol. The fourth-order valence-electron chi connectivity index (χ4n) is 2.20. The van der Waals surface area contributed by atoms with E-state index in [4.69, 9.17) is 9.47 Å². The third-order valence-corrected chi connectivity index (χ3v) is 3.02. The number of benzene rings is 1. The second-order valence-electron chi connectivity index (χ2n) is 4.92. The van der Waals surface area contributed by atoms with Crippen molar-refractivity contribution in [2.75, 3.05) is 19.7 Å². The summed E-state index contributed by atoms with van der Waals surface area (Å²) < 4.78 is 36.7. The van der Waals surface area contributed by atoms with E-state index >= 15 is 0 Å². The maximum atomic E-state index is 13.4. The molecule has 1 aromatic rings. The van der Waals surface area contributed by atoms with E-state index in [1.807, 2.05) is 13.8 Å². The van der Waals surface area contributed by atoms with Crippen molar-refractivity contribution in [2.24, 2.45) is 0 Å². The van der Waals surface area contributed by atoms with E-state index < -0.39 is 11.6 Å². The summed E-state index contributed by atoms with van der Waals surface area (Å²) in [5.74, 6) is -1.87. The number of carbonyl (C=O) groups excluding carboxylic acids is 1. The summed E-state index contributed by atoms with van der Waals surface area (Å²) in [7, 11) is 0. The van der Waals surface area contributed by atoms with Crippen LogP contribution in [0.15, 0.2) is 18.2 Å². The van der Waals surface area contributed by atoms with Crippen molar-refractivity contribution < 1.29 is 23.0 Å². The molecular formula is C14H17F2NO3. The van der Waals surface area contributed by atoms with Crippen LogP contribution in [-0.4, -0.2) is 42.7 Å². The van der Waals surface area contributed by atoms with Gasteiger partial charge in [-0.25, -0.2) is 8.78 Å². The Labute approximate surface area is 116 Å². The van der Waals surface area contributed by atoms with E-state index in [9.17, 15) is 13.6 Å². The van der Waals surface area contributed by atoms with Gasteiger partial charge in [-0.2, -0.15) is 0 Å². The Kier molecular flexibility index (Phi) is 4.54. The minimum absolute atomic E-state index is 0.0368. The molecule has 0 aliphatic carbocycles. The molecule has 0 spiro atoms. The van der Waals surface area contributed by atoms with Crippen molar-refractivity contribution in [2.45, 2.75) is 26.1 Å². The number of ether oxygens (including phenoxy) is 2. The average molecular weight is 285 g/mol. The summed E-state index contributed by atoms with van der Waals surface area (Å²) >= 11 is 0. The van der Waals surface area contributed by atoms with Crippen molar-refractivity contribution >= 4 is 5.91 Å². The van der Waals surface area contributed by atoms with Crippen LogP contribution in [0.4, 0.5) is 8.78 Å². The lowest BCUT2D eigenvalue weighted by atomic mass is 10.2. The standard InChI is InChI=1S/C14H17F2NO3/c1-9-6-17(7-10(2)20-9)14(18)8-19-13-4-3-11(15)5-12(13)16/h3-5,9-10H,6-8H2,1-2H3/t9-,10-/m0/s1. The van der Waals surface area contributed by atoms with Crippen molar-refractivity contribution in [1.82, 2.24) is 4.90 Å². The van der Waals surface area contributed by atoms with E-state index in [0.29, 0.717) is 13.1 Å². The highest BCUT2D eigenvalue weighted by molar-refractivity contribution is 5.78. The molecule has 2 atom stereocenters. The van der Waals surface area contributed by atoms with E-state index in [-0.39, 0.29) is 30.5 Å². The first-order valence-corrected chi connectivity index (χ1v) is 6.47. The van der Waals surface area contributed by atoms with Gasteiger partial charge in [0.05, 0.1) is 12.2 Å². The minimum atomic E-state index is -0.818. The van der Waals surface area contributed by atoms with Crippen molar-refractivity contribution in [1.29, 1.82) is 0 Å². The van der Waals surface area contributed by atoms with E-state index in [1.165, 1.54) is 6.07 Å². The van der Waals surface area contributed by atoms with Gasteiger partial charge in [0.25, 0.3) is 5.91 Å². The van der Waals surface area contributed by atoms with Crippen LogP contribution < -0.4 is 4.74 Å². The quantitative estimate of drug-likeness (QED) is 0.852. The Morgan fingerprint density at radius 1 is 1.35 bits per heavy atom. The number of rotatable bonds is 3. The van der Waals surface area contributed by atoms with Crippen LogP contribution in [0.3, 0.4) is 0 Å². The Morgan fingerprint density at radius 2 is 2.00 bits per heavy atom. The van der Waals surface area contributed by atoms with Gasteiger partial charge in [-0.15, -0.1) is 0 Å². The number of halogens is 2. The highest BCUT2D eigenvalue weighted by atomic mass is 19.1. The van der Waals surface area contributed by atoms with Crippen LogP contribution in [0.5, 0.6) is 5.75 Å². The summed E-state index contributed by atoms with van der Waals surface area (Å²) in [6, 6.07) is 2.98. The predicted octanol–water partition coefficient (Wildman–Crippen LogP) is 1.98. The average Bonchev–Trinajstić information content (AvgIpc) is 2.36. The molecule has 1 aliphatic rings. The molecule has 6 heteroatoms. The number of hydrogen-bond acceptors (Lipinski definition) is 3.